The number of hydrogen-bond donors (Lipinski definition) is 2. The maximum atomic E-state index is 12.0. The van der Waals surface area contributed by atoms with Crippen molar-refractivity contribution in [2.75, 3.05) is 5.73 Å². The molecule has 1 heterocycles. The number of anilines is 1. The number of nitrogens with two attached hydrogens (primary N) is 1. The number of carboxylic acid groups (broad SMARTS) is 1. The zero-order chi connectivity index (χ0) is 10.2. The topological polar surface area (TPSA) is 89.4 Å². The zero-order valence-electron chi connectivity index (χ0n) is 5.92. The first-order chi connectivity index (χ1) is 5.84. The fourth-order valence-corrected chi connectivity index (χ4v) is 0.703. The van der Waals surface area contributed by atoms with E-state index in [1.54, 1.807) is 0 Å². The van der Waals surface area contributed by atoms with Crippen LogP contribution in [0.3, 0.4) is 0 Å². The molecule has 0 amide bonds. The van der Waals surface area contributed by atoms with Crippen molar-refractivity contribution in [1.29, 1.82) is 0 Å². The van der Waals surface area contributed by atoms with Crippen LogP contribution in [0.1, 0.15) is 16.1 Å². The summed E-state index contributed by atoms with van der Waals surface area (Å²) in [6, 6.07) is 0. The molecule has 8 heteroatoms. The van der Waals surface area contributed by atoms with Gasteiger partial charge in [-0.3, -0.25) is 0 Å². The fourth-order valence-electron chi connectivity index (χ4n) is 0.703. The number of hydrogen-bond acceptors (Lipinski definition) is 4. The Hall–Kier alpha value is -1.73. The Kier molecular flexibility index (Phi) is 1.90. The molecule has 1 rings (SSSR count). The van der Waals surface area contributed by atoms with Crippen LogP contribution < -0.4 is 5.73 Å². The largest absolute Gasteiger partial charge is 0.477 e. The van der Waals surface area contributed by atoms with Crippen LogP contribution in [0.5, 0.6) is 0 Å². The third kappa shape index (κ3) is 1.55. The van der Waals surface area contributed by atoms with Crippen LogP contribution in [0.2, 0.25) is 0 Å². The van der Waals surface area contributed by atoms with Crippen molar-refractivity contribution in [2.24, 2.45) is 0 Å². The Bertz CT molecular complexity index is 343. The van der Waals surface area contributed by atoms with Crippen LogP contribution in [-0.4, -0.2) is 16.2 Å². The van der Waals surface area contributed by atoms with Crippen LogP contribution in [0.15, 0.2) is 4.52 Å². The highest BCUT2D eigenvalue weighted by molar-refractivity contribution is 5.93. The molecule has 72 valence electrons. The van der Waals surface area contributed by atoms with Crippen molar-refractivity contribution < 1.29 is 27.6 Å². The summed E-state index contributed by atoms with van der Waals surface area (Å²) in [5, 5.41) is 10.8. The minimum atomic E-state index is -4.88. The number of carboxylic acids is 1. The average Bonchev–Trinajstić information content (AvgIpc) is 2.28. The quantitative estimate of drug-likeness (QED) is 0.698. The lowest BCUT2D eigenvalue weighted by Gasteiger charge is -2.00. The molecule has 13 heavy (non-hydrogen) atoms. The molecule has 0 radical (unpaired) electrons. The van der Waals surface area contributed by atoms with Crippen LogP contribution in [-0.2, 0) is 6.18 Å². The summed E-state index contributed by atoms with van der Waals surface area (Å²) < 4.78 is 39.9. The van der Waals surface area contributed by atoms with Crippen molar-refractivity contribution in [3.05, 3.63) is 11.3 Å². The van der Waals surface area contributed by atoms with Crippen molar-refractivity contribution in [1.82, 2.24) is 5.16 Å². The molecule has 1 aromatic rings. The second-order valence-electron chi connectivity index (χ2n) is 2.07. The van der Waals surface area contributed by atoms with E-state index in [9.17, 15) is 18.0 Å². The first-order valence-electron chi connectivity index (χ1n) is 2.89. The Morgan fingerprint density at radius 2 is 2.08 bits per heavy atom. The van der Waals surface area contributed by atoms with Gasteiger partial charge in [0.05, 0.1) is 0 Å². The highest BCUT2D eigenvalue weighted by atomic mass is 19.4. The summed E-state index contributed by atoms with van der Waals surface area (Å²) in [6.45, 7) is 0. The third-order valence-electron chi connectivity index (χ3n) is 1.20. The SMILES string of the molecule is Nc1onc(C(F)(F)F)c1C(=O)O. The van der Waals surface area contributed by atoms with Gasteiger partial charge >= 0.3 is 12.1 Å². The monoisotopic (exact) mass is 196 g/mol. The minimum Gasteiger partial charge on any atom is -0.477 e. The van der Waals surface area contributed by atoms with Crippen LogP contribution in [0, 0.1) is 0 Å². The molecular formula is C5H3F3N2O3. The van der Waals surface area contributed by atoms with E-state index >= 15 is 0 Å². The molecule has 5 nitrogen and oxygen atoms in total. The number of nitrogens with zero attached hydrogens (tertiary/aromatic N) is 1. The maximum Gasteiger partial charge on any atom is 0.437 e. The third-order valence-corrected chi connectivity index (χ3v) is 1.20. The summed E-state index contributed by atoms with van der Waals surface area (Å²) >= 11 is 0. The maximum absolute atomic E-state index is 12.0. The number of aromatic nitrogens is 1. The van der Waals surface area contributed by atoms with E-state index in [2.05, 4.69) is 9.68 Å². The van der Waals surface area contributed by atoms with E-state index < -0.39 is 29.3 Å². The Morgan fingerprint density at radius 1 is 1.54 bits per heavy atom. The summed E-state index contributed by atoms with van der Waals surface area (Å²) in [7, 11) is 0. The second kappa shape index (κ2) is 2.64. The molecule has 0 bridgehead atoms. The molecule has 0 aromatic carbocycles. The number of aromatic carboxylic acids is 1. The van der Waals surface area contributed by atoms with E-state index in [-0.39, 0.29) is 0 Å². The molecule has 0 aliphatic carbocycles. The van der Waals surface area contributed by atoms with Crippen LogP contribution >= 0.6 is 0 Å². The molecule has 0 saturated carbocycles. The van der Waals surface area contributed by atoms with E-state index in [1.807, 2.05) is 0 Å². The molecule has 3 N–H and O–H groups in total. The molecular weight excluding hydrogens is 193 g/mol. The van der Waals surface area contributed by atoms with E-state index in [0.717, 1.165) is 0 Å². The summed E-state index contributed by atoms with van der Waals surface area (Å²) in [6.07, 6.45) is -4.88. The van der Waals surface area contributed by atoms with Gasteiger partial charge in [-0.1, -0.05) is 5.16 Å². The highest BCUT2D eigenvalue weighted by Gasteiger charge is 2.41. The van der Waals surface area contributed by atoms with Gasteiger partial charge in [0.15, 0.2) is 5.56 Å². The Labute approximate surface area is 68.9 Å². The number of halogens is 3. The molecule has 0 aliphatic heterocycles. The van der Waals surface area contributed by atoms with Gasteiger partial charge in [0.25, 0.3) is 0 Å². The smallest absolute Gasteiger partial charge is 0.437 e. The first kappa shape index (κ1) is 9.36. The Balaban J connectivity index is 3.31. The zero-order valence-corrected chi connectivity index (χ0v) is 5.92. The van der Waals surface area contributed by atoms with Crippen molar-refractivity contribution in [3.63, 3.8) is 0 Å². The molecule has 0 spiro atoms. The normalized spacial score (nSPS) is 11.6. The number of alkyl halides is 3. The number of rotatable bonds is 1. The highest BCUT2D eigenvalue weighted by Crippen LogP contribution is 2.33. The Morgan fingerprint density at radius 3 is 2.38 bits per heavy atom. The number of carbonyl (C=O) groups is 1. The van der Waals surface area contributed by atoms with Gasteiger partial charge < -0.3 is 15.4 Å². The molecule has 0 fully saturated rings. The predicted molar refractivity (Wildman–Crippen MR) is 32.9 cm³/mol. The van der Waals surface area contributed by atoms with Gasteiger partial charge in [0, 0.05) is 0 Å². The van der Waals surface area contributed by atoms with Crippen LogP contribution in [0.4, 0.5) is 19.1 Å². The molecule has 1 aromatic heterocycles. The van der Waals surface area contributed by atoms with Crippen molar-refractivity contribution in [3.8, 4) is 0 Å². The fraction of sp³-hybridized carbons (Fsp3) is 0.200. The standard InChI is InChI=1S/C5H3F3N2O3/c6-5(7,8)2-1(4(11)12)3(9)13-10-2/h9H2,(H,11,12). The number of nitrogen functional groups attached to an aromatic ring is 1. The van der Waals surface area contributed by atoms with E-state index in [0.29, 0.717) is 0 Å². The van der Waals surface area contributed by atoms with Crippen LogP contribution in [0.25, 0.3) is 0 Å². The van der Waals surface area contributed by atoms with Crippen molar-refractivity contribution >= 4 is 11.9 Å². The lowest BCUT2D eigenvalue weighted by Crippen LogP contribution is -2.12. The molecule has 0 atom stereocenters. The van der Waals surface area contributed by atoms with E-state index in [1.165, 1.54) is 0 Å². The summed E-state index contributed by atoms with van der Waals surface area (Å²) in [5.41, 5.74) is 2.04. The predicted octanol–water partition coefficient (Wildman–Crippen LogP) is 0.974. The van der Waals surface area contributed by atoms with Crippen molar-refractivity contribution in [2.45, 2.75) is 6.18 Å². The summed E-state index contributed by atoms with van der Waals surface area (Å²) in [4.78, 5) is 10.3. The lowest BCUT2D eigenvalue weighted by molar-refractivity contribution is -0.143. The van der Waals surface area contributed by atoms with Gasteiger partial charge in [-0.15, -0.1) is 0 Å². The molecule has 0 unspecified atom stereocenters. The average molecular weight is 196 g/mol. The second-order valence-corrected chi connectivity index (χ2v) is 2.07. The lowest BCUT2D eigenvalue weighted by atomic mass is 10.2. The molecule has 0 aliphatic rings. The van der Waals surface area contributed by atoms with E-state index in [4.69, 9.17) is 10.8 Å². The van der Waals surface area contributed by atoms with Gasteiger partial charge in [0.1, 0.15) is 0 Å². The summed E-state index contributed by atoms with van der Waals surface area (Å²) in [5.74, 6) is -2.69. The van der Waals surface area contributed by atoms with Gasteiger partial charge in [-0.25, -0.2) is 4.79 Å². The van der Waals surface area contributed by atoms with Gasteiger partial charge in [0.2, 0.25) is 11.6 Å². The molecule has 0 saturated heterocycles. The van der Waals surface area contributed by atoms with Gasteiger partial charge in [-0.2, -0.15) is 13.2 Å². The minimum absolute atomic E-state index is 0.861. The van der Waals surface area contributed by atoms with Gasteiger partial charge in [-0.05, 0) is 0 Å². The first-order valence-corrected chi connectivity index (χ1v) is 2.89.